The number of hydrogen-bond donors (Lipinski definition) is 2. The molecule has 1 aromatic rings. The quantitative estimate of drug-likeness (QED) is 0.633. The summed E-state index contributed by atoms with van der Waals surface area (Å²) in [5, 5.41) is 5.40. The van der Waals surface area contributed by atoms with Crippen molar-refractivity contribution in [2.75, 3.05) is 19.6 Å². The molecular weight excluding hydrogens is 334 g/mol. The number of carbonyl (C=O) groups is 4. The Labute approximate surface area is 153 Å². The standard InChI is InChI=1S/C19H25N3O4/c1-14(23)7-8-17(24)20-9-10-21-19(26)16-11-18(25)22(13-16)12-15-5-3-2-4-6-15/h2-6,16H,7-13H2,1H3,(H,20,24)(H,21,26). The zero-order valence-corrected chi connectivity index (χ0v) is 15.0. The fraction of sp³-hybridized carbons (Fsp3) is 0.474. The number of benzene rings is 1. The van der Waals surface area contributed by atoms with Crippen molar-refractivity contribution in [1.29, 1.82) is 0 Å². The Balaban J connectivity index is 1.67. The molecule has 0 spiro atoms. The Morgan fingerprint density at radius 1 is 1.08 bits per heavy atom. The van der Waals surface area contributed by atoms with E-state index in [1.54, 1.807) is 4.90 Å². The highest BCUT2D eigenvalue weighted by atomic mass is 16.2. The second-order valence-electron chi connectivity index (χ2n) is 6.50. The minimum Gasteiger partial charge on any atom is -0.354 e. The van der Waals surface area contributed by atoms with Gasteiger partial charge in [0, 0.05) is 45.4 Å². The van der Waals surface area contributed by atoms with Gasteiger partial charge in [-0.3, -0.25) is 14.4 Å². The lowest BCUT2D eigenvalue weighted by Gasteiger charge is -2.16. The summed E-state index contributed by atoms with van der Waals surface area (Å²) in [7, 11) is 0. The molecule has 1 fully saturated rings. The molecule has 0 bridgehead atoms. The van der Waals surface area contributed by atoms with E-state index in [0.717, 1.165) is 5.56 Å². The molecule has 0 aromatic heterocycles. The van der Waals surface area contributed by atoms with Gasteiger partial charge >= 0.3 is 0 Å². The number of nitrogens with zero attached hydrogens (tertiary/aromatic N) is 1. The normalized spacial score (nSPS) is 16.4. The van der Waals surface area contributed by atoms with E-state index in [4.69, 9.17) is 0 Å². The molecule has 140 valence electrons. The molecule has 7 heteroatoms. The molecule has 26 heavy (non-hydrogen) atoms. The number of amides is 3. The smallest absolute Gasteiger partial charge is 0.225 e. The number of likely N-dealkylation sites (tertiary alicyclic amines) is 1. The second-order valence-corrected chi connectivity index (χ2v) is 6.50. The van der Waals surface area contributed by atoms with Crippen LogP contribution in [0.4, 0.5) is 0 Å². The number of nitrogens with one attached hydrogen (secondary N) is 2. The highest BCUT2D eigenvalue weighted by molar-refractivity contribution is 5.89. The average Bonchev–Trinajstić information content (AvgIpc) is 2.98. The molecule has 1 saturated heterocycles. The number of carbonyl (C=O) groups excluding carboxylic acids is 4. The van der Waals surface area contributed by atoms with Gasteiger partial charge in [0.15, 0.2) is 0 Å². The van der Waals surface area contributed by atoms with Crippen molar-refractivity contribution in [3.05, 3.63) is 35.9 Å². The van der Waals surface area contributed by atoms with Crippen molar-refractivity contribution in [1.82, 2.24) is 15.5 Å². The first-order valence-electron chi connectivity index (χ1n) is 8.81. The fourth-order valence-electron chi connectivity index (χ4n) is 2.81. The van der Waals surface area contributed by atoms with Crippen LogP contribution in [0.2, 0.25) is 0 Å². The van der Waals surface area contributed by atoms with Gasteiger partial charge < -0.3 is 20.3 Å². The van der Waals surface area contributed by atoms with Gasteiger partial charge in [-0.25, -0.2) is 0 Å². The maximum absolute atomic E-state index is 12.2. The minimum absolute atomic E-state index is 0.0217. The van der Waals surface area contributed by atoms with Crippen LogP contribution in [0.25, 0.3) is 0 Å². The number of Topliss-reactive ketones (excluding diaryl/α,β-unsaturated/α-hetero) is 1. The van der Waals surface area contributed by atoms with E-state index in [1.165, 1.54) is 6.92 Å². The Hall–Kier alpha value is -2.70. The summed E-state index contributed by atoms with van der Waals surface area (Å²) >= 11 is 0. The van der Waals surface area contributed by atoms with Crippen LogP contribution in [-0.4, -0.2) is 48.0 Å². The summed E-state index contributed by atoms with van der Waals surface area (Å²) in [6.07, 6.45) is 0.595. The lowest BCUT2D eigenvalue weighted by molar-refractivity contribution is -0.129. The predicted molar refractivity (Wildman–Crippen MR) is 95.9 cm³/mol. The van der Waals surface area contributed by atoms with Crippen LogP contribution >= 0.6 is 0 Å². The van der Waals surface area contributed by atoms with Gasteiger partial charge in [-0.1, -0.05) is 30.3 Å². The zero-order chi connectivity index (χ0) is 18.9. The van der Waals surface area contributed by atoms with Crippen molar-refractivity contribution in [3.63, 3.8) is 0 Å². The zero-order valence-electron chi connectivity index (χ0n) is 15.0. The van der Waals surface area contributed by atoms with Gasteiger partial charge in [0.1, 0.15) is 5.78 Å². The van der Waals surface area contributed by atoms with Crippen molar-refractivity contribution >= 4 is 23.5 Å². The third-order valence-corrected chi connectivity index (χ3v) is 4.25. The van der Waals surface area contributed by atoms with Gasteiger partial charge in [-0.2, -0.15) is 0 Å². The van der Waals surface area contributed by atoms with E-state index >= 15 is 0 Å². The first kappa shape index (κ1) is 19.6. The summed E-state index contributed by atoms with van der Waals surface area (Å²) in [6.45, 7) is 2.96. The fourth-order valence-corrected chi connectivity index (χ4v) is 2.81. The summed E-state index contributed by atoms with van der Waals surface area (Å²) < 4.78 is 0. The molecule has 7 nitrogen and oxygen atoms in total. The third-order valence-electron chi connectivity index (χ3n) is 4.25. The Morgan fingerprint density at radius 2 is 1.77 bits per heavy atom. The van der Waals surface area contributed by atoms with Crippen LogP contribution < -0.4 is 10.6 Å². The van der Waals surface area contributed by atoms with E-state index in [-0.39, 0.29) is 48.7 Å². The summed E-state index contributed by atoms with van der Waals surface area (Å²) in [4.78, 5) is 48.3. The highest BCUT2D eigenvalue weighted by Crippen LogP contribution is 2.20. The van der Waals surface area contributed by atoms with Gasteiger partial charge in [-0.15, -0.1) is 0 Å². The molecule has 1 aliphatic heterocycles. The molecule has 0 aliphatic carbocycles. The molecule has 0 radical (unpaired) electrons. The van der Waals surface area contributed by atoms with E-state index in [9.17, 15) is 19.2 Å². The largest absolute Gasteiger partial charge is 0.354 e. The van der Waals surface area contributed by atoms with Gasteiger partial charge in [0.05, 0.1) is 5.92 Å². The van der Waals surface area contributed by atoms with E-state index in [1.807, 2.05) is 30.3 Å². The van der Waals surface area contributed by atoms with Gasteiger partial charge in [-0.05, 0) is 12.5 Å². The van der Waals surface area contributed by atoms with Crippen LogP contribution in [0, 0.1) is 5.92 Å². The van der Waals surface area contributed by atoms with Crippen LogP contribution in [0.1, 0.15) is 31.7 Å². The second kappa shape index (κ2) is 9.70. The van der Waals surface area contributed by atoms with E-state index in [0.29, 0.717) is 26.2 Å². The molecule has 3 amide bonds. The summed E-state index contributed by atoms with van der Waals surface area (Å²) in [5.41, 5.74) is 1.04. The van der Waals surface area contributed by atoms with Gasteiger partial charge in [0.25, 0.3) is 0 Å². The number of rotatable bonds is 9. The number of hydrogen-bond acceptors (Lipinski definition) is 4. The summed E-state index contributed by atoms with van der Waals surface area (Å²) in [6, 6.07) is 9.67. The number of ketones is 1. The third kappa shape index (κ3) is 6.31. The Morgan fingerprint density at radius 3 is 2.46 bits per heavy atom. The van der Waals surface area contributed by atoms with Crippen LogP contribution in [0.15, 0.2) is 30.3 Å². The van der Waals surface area contributed by atoms with E-state index in [2.05, 4.69) is 10.6 Å². The molecule has 0 saturated carbocycles. The molecule has 1 atom stereocenters. The lowest BCUT2D eigenvalue weighted by atomic mass is 10.1. The van der Waals surface area contributed by atoms with Crippen LogP contribution in [-0.2, 0) is 25.7 Å². The molecule has 1 aromatic carbocycles. The van der Waals surface area contributed by atoms with Crippen LogP contribution in [0.3, 0.4) is 0 Å². The topological polar surface area (TPSA) is 95.6 Å². The molecule has 1 aliphatic rings. The lowest BCUT2D eigenvalue weighted by Crippen LogP contribution is -2.38. The maximum atomic E-state index is 12.2. The molecule has 1 unspecified atom stereocenters. The van der Waals surface area contributed by atoms with Crippen molar-refractivity contribution in [3.8, 4) is 0 Å². The summed E-state index contributed by atoms with van der Waals surface area (Å²) in [5.74, 6) is -0.794. The minimum atomic E-state index is -0.361. The highest BCUT2D eigenvalue weighted by Gasteiger charge is 2.33. The van der Waals surface area contributed by atoms with Crippen molar-refractivity contribution < 1.29 is 19.2 Å². The maximum Gasteiger partial charge on any atom is 0.225 e. The molecule has 2 N–H and O–H groups in total. The first-order chi connectivity index (χ1) is 12.5. The molecule has 2 rings (SSSR count). The SMILES string of the molecule is CC(=O)CCC(=O)NCCNC(=O)C1CC(=O)N(Cc2ccccc2)C1. The van der Waals surface area contributed by atoms with Crippen LogP contribution in [0.5, 0.6) is 0 Å². The molecule has 1 heterocycles. The molecular formula is C19H25N3O4. The Bertz CT molecular complexity index is 660. The first-order valence-corrected chi connectivity index (χ1v) is 8.81. The average molecular weight is 359 g/mol. The monoisotopic (exact) mass is 359 g/mol. The predicted octanol–water partition coefficient (Wildman–Crippen LogP) is 0.637. The van der Waals surface area contributed by atoms with Crippen molar-refractivity contribution in [2.24, 2.45) is 5.92 Å². The van der Waals surface area contributed by atoms with Gasteiger partial charge in [0.2, 0.25) is 17.7 Å². The Kier molecular flexibility index (Phi) is 7.32. The van der Waals surface area contributed by atoms with E-state index < -0.39 is 0 Å². The van der Waals surface area contributed by atoms with Crippen molar-refractivity contribution in [2.45, 2.75) is 32.7 Å².